The summed E-state index contributed by atoms with van der Waals surface area (Å²) in [5.74, 6) is 0.900. The van der Waals surface area contributed by atoms with Crippen molar-refractivity contribution in [2.45, 2.75) is 58.4 Å². The summed E-state index contributed by atoms with van der Waals surface area (Å²) >= 11 is 0. The van der Waals surface area contributed by atoms with Gasteiger partial charge in [0.05, 0.1) is 0 Å². The molecule has 3 fully saturated rings. The summed E-state index contributed by atoms with van der Waals surface area (Å²) in [4.78, 5) is 10.2. The number of nitrogens with zero attached hydrogens (tertiary/aromatic N) is 4. The van der Waals surface area contributed by atoms with Crippen LogP contribution in [0.2, 0.25) is 0 Å². The Morgan fingerprint density at radius 2 is 1.50 bits per heavy atom. The van der Waals surface area contributed by atoms with E-state index in [0.717, 1.165) is 12.0 Å². The van der Waals surface area contributed by atoms with Gasteiger partial charge in [0.1, 0.15) is 6.67 Å². The molecule has 0 aromatic carbocycles. The molecule has 0 amide bonds. The summed E-state index contributed by atoms with van der Waals surface area (Å²) in [7, 11) is 0. The molecular formula is C20H38N4. The highest BCUT2D eigenvalue weighted by molar-refractivity contribution is 4.82. The molecule has 3 aliphatic heterocycles. The Hall–Kier alpha value is -0.160. The molecule has 3 rings (SSSR count). The van der Waals surface area contributed by atoms with Crippen LogP contribution in [-0.4, -0.2) is 84.5 Å². The molecule has 0 spiro atoms. The SMILES string of the molecule is CC1CCCN(CCCN2[C]N(CCCN3CCCC3C)CC2)C1. The second-order valence-corrected chi connectivity index (χ2v) is 8.36. The van der Waals surface area contributed by atoms with Crippen LogP contribution >= 0.6 is 0 Å². The average Bonchev–Trinajstić information content (AvgIpc) is 3.17. The highest BCUT2D eigenvalue weighted by Gasteiger charge is 2.23. The van der Waals surface area contributed by atoms with Crippen LogP contribution in [0.25, 0.3) is 0 Å². The topological polar surface area (TPSA) is 13.0 Å². The zero-order chi connectivity index (χ0) is 16.8. The Labute approximate surface area is 150 Å². The molecule has 3 saturated heterocycles. The second kappa shape index (κ2) is 9.51. The average molecular weight is 335 g/mol. The quantitative estimate of drug-likeness (QED) is 0.676. The van der Waals surface area contributed by atoms with Gasteiger partial charge >= 0.3 is 0 Å². The van der Waals surface area contributed by atoms with Crippen molar-refractivity contribution in [2.24, 2.45) is 5.92 Å². The van der Waals surface area contributed by atoms with Crippen LogP contribution in [0.3, 0.4) is 0 Å². The van der Waals surface area contributed by atoms with Crippen molar-refractivity contribution >= 4 is 0 Å². The number of likely N-dealkylation sites (tertiary alicyclic amines) is 2. The molecular weight excluding hydrogens is 296 g/mol. The van der Waals surface area contributed by atoms with E-state index in [1.807, 2.05) is 0 Å². The molecule has 0 saturated carbocycles. The van der Waals surface area contributed by atoms with E-state index in [1.54, 1.807) is 0 Å². The van der Waals surface area contributed by atoms with Gasteiger partial charge in [0, 0.05) is 38.8 Å². The highest BCUT2D eigenvalue weighted by Crippen LogP contribution is 2.18. The van der Waals surface area contributed by atoms with Crippen molar-refractivity contribution in [1.29, 1.82) is 0 Å². The molecule has 0 bridgehead atoms. The molecule has 0 aromatic rings. The predicted octanol–water partition coefficient (Wildman–Crippen LogP) is 2.60. The molecule has 138 valence electrons. The maximum absolute atomic E-state index is 3.60. The summed E-state index contributed by atoms with van der Waals surface area (Å²) in [6, 6.07) is 0.811. The first-order valence-electron chi connectivity index (χ1n) is 10.4. The van der Waals surface area contributed by atoms with Crippen LogP contribution in [0.15, 0.2) is 0 Å². The van der Waals surface area contributed by atoms with Crippen LogP contribution in [0, 0.1) is 12.6 Å². The maximum atomic E-state index is 3.60. The van der Waals surface area contributed by atoms with Gasteiger partial charge in [-0.2, -0.15) is 0 Å². The summed E-state index contributed by atoms with van der Waals surface area (Å²) < 4.78 is 0. The molecule has 0 aromatic heterocycles. The lowest BCUT2D eigenvalue weighted by atomic mass is 10.0. The largest absolute Gasteiger partial charge is 0.303 e. The third kappa shape index (κ3) is 5.69. The van der Waals surface area contributed by atoms with Gasteiger partial charge in [-0.3, -0.25) is 9.80 Å². The van der Waals surface area contributed by atoms with E-state index in [2.05, 4.69) is 40.1 Å². The first-order chi connectivity index (χ1) is 11.7. The van der Waals surface area contributed by atoms with Crippen LogP contribution in [0.1, 0.15) is 52.4 Å². The third-order valence-corrected chi connectivity index (χ3v) is 6.13. The molecule has 2 radical (unpaired) electrons. The fraction of sp³-hybridized carbons (Fsp3) is 0.950. The van der Waals surface area contributed by atoms with Gasteiger partial charge in [-0.05, 0) is 77.5 Å². The Bertz CT molecular complexity index is 362. The lowest BCUT2D eigenvalue weighted by Gasteiger charge is -2.31. The Kier molecular flexibility index (Phi) is 7.38. The van der Waals surface area contributed by atoms with E-state index in [0.29, 0.717) is 0 Å². The van der Waals surface area contributed by atoms with Gasteiger partial charge in [0.2, 0.25) is 0 Å². The lowest BCUT2D eigenvalue weighted by Crippen LogP contribution is -2.36. The van der Waals surface area contributed by atoms with E-state index in [-0.39, 0.29) is 0 Å². The zero-order valence-electron chi connectivity index (χ0n) is 16.1. The first-order valence-corrected chi connectivity index (χ1v) is 10.4. The normalized spacial score (nSPS) is 31.2. The summed E-state index contributed by atoms with van der Waals surface area (Å²) in [6.45, 7) is 19.6. The standard InChI is InChI=1S/C20H38N4/c1-19-7-3-9-21(17-19)10-5-11-22-15-16-23(18-22)12-6-14-24-13-4-8-20(24)2/h19-20H,3-17H2,1-2H3. The minimum absolute atomic E-state index is 0.811. The monoisotopic (exact) mass is 334 g/mol. The number of hydrogen-bond acceptors (Lipinski definition) is 4. The summed E-state index contributed by atoms with van der Waals surface area (Å²) in [5.41, 5.74) is 0. The maximum Gasteiger partial charge on any atom is 0.146 e. The van der Waals surface area contributed by atoms with Crippen molar-refractivity contribution in [3.8, 4) is 0 Å². The van der Waals surface area contributed by atoms with Gasteiger partial charge in [0.25, 0.3) is 0 Å². The Balaban J connectivity index is 1.23. The van der Waals surface area contributed by atoms with Crippen molar-refractivity contribution in [2.75, 3.05) is 58.9 Å². The van der Waals surface area contributed by atoms with Gasteiger partial charge in [-0.1, -0.05) is 6.92 Å². The summed E-state index contributed by atoms with van der Waals surface area (Å²) in [5, 5.41) is 0. The fourth-order valence-electron chi connectivity index (χ4n) is 4.63. The van der Waals surface area contributed by atoms with Gasteiger partial charge in [-0.15, -0.1) is 0 Å². The highest BCUT2D eigenvalue weighted by atomic mass is 15.4. The van der Waals surface area contributed by atoms with Crippen molar-refractivity contribution in [3.63, 3.8) is 0 Å². The van der Waals surface area contributed by atoms with Crippen LogP contribution in [0.4, 0.5) is 0 Å². The van der Waals surface area contributed by atoms with Gasteiger partial charge in [0.15, 0.2) is 0 Å². The van der Waals surface area contributed by atoms with Gasteiger partial charge < -0.3 is 9.80 Å². The molecule has 4 nitrogen and oxygen atoms in total. The molecule has 0 aliphatic carbocycles. The van der Waals surface area contributed by atoms with E-state index in [9.17, 15) is 0 Å². The number of piperidine rings is 1. The van der Waals surface area contributed by atoms with Crippen LogP contribution < -0.4 is 0 Å². The Morgan fingerprint density at radius 3 is 2.17 bits per heavy atom. The van der Waals surface area contributed by atoms with Crippen LogP contribution in [-0.2, 0) is 0 Å². The molecule has 24 heavy (non-hydrogen) atoms. The van der Waals surface area contributed by atoms with Crippen molar-refractivity contribution in [1.82, 2.24) is 19.6 Å². The second-order valence-electron chi connectivity index (χ2n) is 8.36. The molecule has 2 unspecified atom stereocenters. The van der Waals surface area contributed by atoms with Crippen molar-refractivity contribution in [3.05, 3.63) is 6.67 Å². The van der Waals surface area contributed by atoms with E-state index in [4.69, 9.17) is 0 Å². The Morgan fingerprint density at radius 1 is 0.792 bits per heavy atom. The number of hydrogen-bond donors (Lipinski definition) is 0. The predicted molar refractivity (Wildman–Crippen MR) is 101 cm³/mol. The number of rotatable bonds is 8. The molecule has 0 N–H and O–H groups in total. The molecule has 3 heterocycles. The van der Waals surface area contributed by atoms with Crippen LogP contribution in [0.5, 0.6) is 0 Å². The zero-order valence-corrected chi connectivity index (χ0v) is 16.1. The lowest BCUT2D eigenvalue weighted by molar-refractivity contribution is 0.175. The first kappa shape index (κ1) is 18.6. The smallest absolute Gasteiger partial charge is 0.146 e. The van der Waals surface area contributed by atoms with Gasteiger partial charge in [-0.25, -0.2) is 0 Å². The van der Waals surface area contributed by atoms with Crippen molar-refractivity contribution < 1.29 is 0 Å². The third-order valence-electron chi connectivity index (χ3n) is 6.13. The fourth-order valence-corrected chi connectivity index (χ4v) is 4.63. The molecule has 3 aliphatic rings. The molecule has 4 heteroatoms. The minimum Gasteiger partial charge on any atom is -0.303 e. The molecule has 2 atom stereocenters. The van der Waals surface area contributed by atoms with E-state index < -0.39 is 0 Å². The minimum atomic E-state index is 0.811. The summed E-state index contributed by atoms with van der Waals surface area (Å²) in [6.07, 6.45) is 8.19. The van der Waals surface area contributed by atoms with E-state index >= 15 is 0 Å². The van der Waals surface area contributed by atoms with E-state index in [1.165, 1.54) is 97.4 Å².